The van der Waals surface area contributed by atoms with Crippen molar-refractivity contribution in [3.63, 3.8) is 0 Å². The Morgan fingerprint density at radius 2 is 2.00 bits per heavy atom. The Hall–Kier alpha value is -2.95. The smallest absolute Gasteiger partial charge is 0.340 e. The van der Waals surface area contributed by atoms with Crippen molar-refractivity contribution in [1.29, 1.82) is 0 Å². The van der Waals surface area contributed by atoms with Gasteiger partial charge in [0, 0.05) is 29.4 Å². The van der Waals surface area contributed by atoms with Gasteiger partial charge in [-0.25, -0.2) is 9.78 Å². The van der Waals surface area contributed by atoms with Crippen LogP contribution in [-0.2, 0) is 11.3 Å². The first-order valence-electron chi connectivity index (χ1n) is 8.02. The molecule has 0 unspecified atom stereocenters. The summed E-state index contributed by atoms with van der Waals surface area (Å²) >= 11 is 0. The van der Waals surface area contributed by atoms with Crippen LogP contribution < -0.4 is 5.32 Å². The predicted molar refractivity (Wildman–Crippen MR) is 91.7 cm³/mol. The molecule has 1 aliphatic rings. The Labute approximate surface area is 139 Å². The Balaban J connectivity index is 1.43. The fraction of sp³-hybridized carbons (Fsp3) is 0.211. The molecule has 24 heavy (non-hydrogen) atoms. The van der Waals surface area contributed by atoms with Gasteiger partial charge in [0.15, 0.2) is 0 Å². The number of hydrogen-bond donors (Lipinski definition) is 1. The third-order valence-corrected chi connectivity index (χ3v) is 4.00. The number of carbonyl (C=O) groups is 1. The van der Waals surface area contributed by atoms with Gasteiger partial charge in [0.05, 0.1) is 11.1 Å². The fourth-order valence-corrected chi connectivity index (χ4v) is 2.55. The number of para-hydroxylation sites is 1. The summed E-state index contributed by atoms with van der Waals surface area (Å²) in [4.78, 5) is 20.8. The van der Waals surface area contributed by atoms with Gasteiger partial charge in [0.25, 0.3) is 0 Å². The van der Waals surface area contributed by atoms with Crippen LogP contribution in [0.15, 0.2) is 54.9 Å². The quantitative estimate of drug-likeness (QED) is 0.729. The summed E-state index contributed by atoms with van der Waals surface area (Å²) in [5.74, 6) is 0.417. The summed E-state index contributed by atoms with van der Waals surface area (Å²) in [7, 11) is 0. The molecule has 1 aliphatic carbocycles. The summed E-state index contributed by atoms with van der Waals surface area (Å²) in [6.07, 6.45) is 5.66. The Kier molecular flexibility index (Phi) is 3.83. The van der Waals surface area contributed by atoms with E-state index in [1.807, 2.05) is 36.4 Å². The molecule has 1 aromatic carbocycles. The van der Waals surface area contributed by atoms with Crippen molar-refractivity contribution in [2.45, 2.75) is 25.5 Å². The standard InChI is InChI=1S/C19H17N3O2/c23-19(14-6-9-17(21-11-14)22-16-7-8-16)24-12-15-4-1-3-13-5-2-10-20-18(13)15/h1-6,9-11,16H,7-8,12H2,(H,21,22). The van der Waals surface area contributed by atoms with Gasteiger partial charge in [-0.3, -0.25) is 4.98 Å². The van der Waals surface area contributed by atoms with Crippen molar-refractivity contribution in [2.24, 2.45) is 0 Å². The highest BCUT2D eigenvalue weighted by molar-refractivity contribution is 5.89. The topological polar surface area (TPSA) is 64.1 Å². The molecular formula is C19H17N3O2. The average molecular weight is 319 g/mol. The van der Waals surface area contributed by atoms with E-state index in [0.717, 1.165) is 22.3 Å². The molecule has 120 valence electrons. The summed E-state index contributed by atoms with van der Waals surface area (Å²) < 4.78 is 5.42. The van der Waals surface area contributed by atoms with Gasteiger partial charge < -0.3 is 10.1 Å². The second-order valence-electron chi connectivity index (χ2n) is 5.92. The zero-order chi connectivity index (χ0) is 16.4. The number of nitrogens with one attached hydrogen (secondary N) is 1. The van der Waals surface area contributed by atoms with E-state index >= 15 is 0 Å². The van der Waals surface area contributed by atoms with Crippen LogP contribution in [0.1, 0.15) is 28.8 Å². The highest BCUT2D eigenvalue weighted by Gasteiger charge is 2.21. The second kappa shape index (κ2) is 6.28. The summed E-state index contributed by atoms with van der Waals surface area (Å²) in [5, 5.41) is 4.32. The molecule has 1 fully saturated rings. The van der Waals surface area contributed by atoms with Crippen molar-refractivity contribution < 1.29 is 9.53 Å². The fourth-order valence-electron chi connectivity index (χ4n) is 2.55. The Morgan fingerprint density at radius 1 is 1.12 bits per heavy atom. The zero-order valence-corrected chi connectivity index (χ0v) is 13.1. The van der Waals surface area contributed by atoms with E-state index in [0.29, 0.717) is 11.6 Å². The molecule has 4 rings (SSSR count). The highest BCUT2D eigenvalue weighted by Crippen LogP contribution is 2.23. The van der Waals surface area contributed by atoms with Crippen LogP contribution in [0.5, 0.6) is 0 Å². The van der Waals surface area contributed by atoms with Crippen molar-refractivity contribution in [2.75, 3.05) is 5.32 Å². The maximum Gasteiger partial charge on any atom is 0.340 e. The van der Waals surface area contributed by atoms with Gasteiger partial charge in [-0.05, 0) is 31.0 Å². The monoisotopic (exact) mass is 319 g/mol. The lowest BCUT2D eigenvalue weighted by atomic mass is 10.1. The number of esters is 1. The molecule has 2 heterocycles. The molecule has 0 aliphatic heterocycles. The maximum absolute atomic E-state index is 12.2. The molecule has 0 amide bonds. The number of carbonyl (C=O) groups excluding carboxylic acids is 1. The van der Waals surface area contributed by atoms with Gasteiger partial charge in [0.2, 0.25) is 0 Å². The van der Waals surface area contributed by atoms with Gasteiger partial charge in [0.1, 0.15) is 12.4 Å². The van der Waals surface area contributed by atoms with Crippen LogP contribution in [0.25, 0.3) is 10.9 Å². The number of benzene rings is 1. The molecule has 1 N–H and O–H groups in total. The molecule has 2 aromatic heterocycles. The lowest BCUT2D eigenvalue weighted by Gasteiger charge is -2.08. The van der Waals surface area contributed by atoms with Crippen LogP contribution in [0.2, 0.25) is 0 Å². The first-order chi connectivity index (χ1) is 11.8. The van der Waals surface area contributed by atoms with Crippen molar-refractivity contribution in [3.05, 3.63) is 66.0 Å². The lowest BCUT2D eigenvalue weighted by molar-refractivity contribution is 0.0474. The minimum absolute atomic E-state index is 0.190. The van der Waals surface area contributed by atoms with Gasteiger partial charge in [-0.2, -0.15) is 0 Å². The largest absolute Gasteiger partial charge is 0.457 e. The van der Waals surface area contributed by atoms with Crippen LogP contribution in [0, 0.1) is 0 Å². The van der Waals surface area contributed by atoms with E-state index in [2.05, 4.69) is 15.3 Å². The number of anilines is 1. The number of hydrogen-bond acceptors (Lipinski definition) is 5. The Morgan fingerprint density at radius 3 is 2.79 bits per heavy atom. The van der Waals surface area contributed by atoms with Crippen molar-refractivity contribution >= 4 is 22.7 Å². The summed E-state index contributed by atoms with van der Waals surface area (Å²) in [5.41, 5.74) is 2.20. The Bertz CT molecular complexity index is 868. The molecule has 0 saturated heterocycles. The van der Waals surface area contributed by atoms with Crippen LogP contribution in [-0.4, -0.2) is 22.0 Å². The number of pyridine rings is 2. The molecule has 0 spiro atoms. The highest BCUT2D eigenvalue weighted by atomic mass is 16.5. The van der Waals surface area contributed by atoms with Crippen LogP contribution >= 0.6 is 0 Å². The van der Waals surface area contributed by atoms with Gasteiger partial charge in [-0.1, -0.05) is 24.3 Å². The lowest BCUT2D eigenvalue weighted by Crippen LogP contribution is -2.08. The summed E-state index contributed by atoms with van der Waals surface area (Å²) in [6, 6.07) is 13.8. The predicted octanol–water partition coefficient (Wildman–Crippen LogP) is 3.56. The third kappa shape index (κ3) is 3.20. The van der Waals surface area contributed by atoms with Crippen LogP contribution in [0.3, 0.4) is 0 Å². The number of nitrogens with zero attached hydrogens (tertiary/aromatic N) is 2. The van der Waals surface area contributed by atoms with E-state index in [9.17, 15) is 4.79 Å². The molecule has 0 atom stereocenters. The van der Waals surface area contributed by atoms with Gasteiger partial charge >= 0.3 is 5.97 Å². The maximum atomic E-state index is 12.2. The minimum Gasteiger partial charge on any atom is -0.457 e. The van der Waals surface area contributed by atoms with Gasteiger partial charge in [-0.15, -0.1) is 0 Å². The van der Waals surface area contributed by atoms with E-state index in [-0.39, 0.29) is 12.6 Å². The molecule has 1 saturated carbocycles. The first kappa shape index (κ1) is 14.6. The molecule has 5 heteroatoms. The SMILES string of the molecule is O=C(OCc1cccc2cccnc12)c1ccc(NC2CC2)nc1. The second-order valence-corrected chi connectivity index (χ2v) is 5.92. The number of fused-ring (bicyclic) bond motifs is 1. The molecule has 0 bridgehead atoms. The van der Waals surface area contributed by atoms with E-state index in [1.54, 1.807) is 18.5 Å². The number of rotatable bonds is 5. The minimum atomic E-state index is -0.381. The average Bonchev–Trinajstić information content (AvgIpc) is 3.44. The molecule has 5 nitrogen and oxygen atoms in total. The summed E-state index contributed by atoms with van der Waals surface area (Å²) in [6.45, 7) is 0.190. The molecular weight excluding hydrogens is 302 g/mol. The number of ether oxygens (including phenoxy) is 1. The van der Waals surface area contributed by atoms with Crippen molar-refractivity contribution in [3.8, 4) is 0 Å². The van der Waals surface area contributed by atoms with E-state index in [4.69, 9.17) is 4.74 Å². The number of aromatic nitrogens is 2. The van der Waals surface area contributed by atoms with E-state index < -0.39 is 0 Å². The normalized spacial score (nSPS) is 13.7. The van der Waals surface area contributed by atoms with E-state index in [1.165, 1.54) is 12.8 Å². The third-order valence-electron chi connectivity index (χ3n) is 4.00. The van der Waals surface area contributed by atoms with Crippen LogP contribution in [0.4, 0.5) is 5.82 Å². The molecule has 0 radical (unpaired) electrons. The first-order valence-corrected chi connectivity index (χ1v) is 8.02. The van der Waals surface area contributed by atoms with Crippen molar-refractivity contribution in [1.82, 2.24) is 9.97 Å². The zero-order valence-electron chi connectivity index (χ0n) is 13.1. The molecule has 3 aromatic rings.